The molecule has 0 radical (unpaired) electrons. The third kappa shape index (κ3) is 8.91. The van der Waals surface area contributed by atoms with Crippen molar-refractivity contribution in [3.63, 3.8) is 0 Å². The van der Waals surface area contributed by atoms with Gasteiger partial charge in [0.1, 0.15) is 0 Å². The number of unbranched alkanes of at least 4 members (excludes halogenated alkanes) is 8. The summed E-state index contributed by atoms with van der Waals surface area (Å²) in [5.41, 5.74) is 0.693. The molecule has 0 atom stereocenters. The zero-order valence-electron chi connectivity index (χ0n) is 19.4. The quantitative estimate of drug-likeness (QED) is 0.280. The molecule has 0 unspecified atom stereocenters. The zero-order valence-corrected chi connectivity index (χ0v) is 19.4. The van der Waals surface area contributed by atoms with Gasteiger partial charge >= 0.3 is 0 Å². The average Bonchev–Trinajstić information content (AvgIpc) is 2.69. The van der Waals surface area contributed by atoms with E-state index in [1.54, 1.807) is 38.5 Å². The van der Waals surface area contributed by atoms with Crippen LogP contribution in [-0.2, 0) is 0 Å². The van der Waals surface area contributed by atoms with Crippen molar-refractivity contribution >= 4 is 0 Å². The Morgan fingerprint density at radius 1 is 0.593 bits per heavy atom. The van der Waals surface area contributed by atoms with Crippen LogP contribution in [-0.4, -0.2) is 0 Å². The second-order valence-corrected chi connectivity index (χ2v) is 10.8. The van der Waals surface area contributed by atoms with Gasteiger partial charge in [-0.05, 0) is 68.1 Å². The summed E-state index contributed by atoms with van der Waals surface area (Å²) in [6, 6.07) is 0. The maximum atomic E-state index is 2.61. The molecular weight excluding hydrogens is 324 g/mol. The van der Waals surface area contributed by atoms with Crippen LogP contribution in [0.5, 0.6) is 0 Å². The smallest absolute Gasteiger partial charge is 0.0326 e. The largest absolute Gasteiger partial charge is 0.0654 e. The van der Waals surface area contributed by atoms with Gasteiger partial charge in [-0.3, -0.25) is 0 Å². The summed E-state index contributed by atoms with van der Waals surface area (Å²) in [6.07, 6.45) is 30.0. The fourth-order valence-corrected chi connectivity index (χ4v) is 6.20. The highest BCUT2D eigenvalue weighted by molar-refractivity contribution is 4.86. The van der Waals surface area contributed by atoms with Crippen LogP contribution in [0.4, 0.5) is 0 Å². The minimum absolute atomic E-state index is 0.693. The van der Waals surface area contributed by atoms with Gasteiger partial charge in [0, 0.05) is 0 Å². The predicted molar refractivity (Wildman–Crippen MR) is 122 cm³/mol. The molecule has 0 heteroatoms. The fourth-order valence-electron chi connectivity index (χ4n) is 6.20. The highest BCUT2D eigenvalue weighted by atomic mass is 14.4. The molecule has 0 aliphatic heterocycles. The van der Waals surface area contributed by atoms with Crippen molar-refractivity contribution in [2.45, 2.75) is 149 Å². The Bertz CT molecular complexity index is 341. The lowest BCUT2D eigenvalue weighted by atomic mass is 9.63. The molecule has 160 valence electrons. The van der Waals surface area contributed by atoms with Gasteiger partial charge in [0.25, 0.3) is 0 Å². The molecule has 0 heterocycles. The second kappa shape index (κ2) is 13.3. The van der Waals surface area contributed by atoms with Gasteiger partial charge in [0.15, 0.2) is 0 Å². The van der Waals surface area contributed by atoms with Crippen molar-refractivity contribution in [2.75, 3.05) is 0 Å². The maximum absolute atomic E-state index is 2.61. The van der Waals surface area contributed by atoms with Crippen LogP contribution in [0.2, 0.25) is 0 Å². The fraction of sp³-hybridized carbons (Fsp3) is 1.00. The van der Waals surface area contributed by atoms with Gasteiger partial charge < -0.3 is 0 Å². The number of hydrogen-bond acceptors (Lipinski definition) is 0. The lowest BCUT2D eigenvalue weighted by molar-refractivity contribution is 0.0948. The topological polar surface area (TPSA) is 0 Å². The van der Waals surface area contributed by atoms with Crippen molar-refractivity contribution in [1.82, 2.24) is 0 Å². The predicted octanol–water partition coefficient (Wildman–Crippen LogP) is 9.71. The van der Waals surface area contributed by atoms with E-state index in [1.807, 2.05) is 0 Å². The first kappa shape index (κ1) is 23.3. The molecule has 0 spiro atoms. The summed E-state index contributed by atoms with van der Waals surface area (Å²) in [4.78, 5) is 0. The molecule has 0 N–H and O–H groups in total. The monoisotopic (exact) mass is 376 g/mol. The first-order valence-corrected chi connectivity index (χ1v) is 13.2. The van der Waals surface area contributed by atoms with Gasteiger partial charge in [-0.1, -0.05) is 104 Å². The summed E-state index contributed by atoms with van der Waals surface area (Å²) in [5.74, 6) is 3.26. The highest BCUT2D eigenvalue weighted by Gasteiger charge is 2.35. The van der Waals surface area contributed by atoms with Crippen LogP contribution in [0, 0.1) is 23.2 Å². The van der Waals surface area contributed by atoms with E-state index in [2.05, 4.69) is 20.8 Å². The van der Waals surface area contributed by atoms with E-state index in [0.29, 0.717) is 5.41 Å². The zero-order chi connectivity index (χ0) is 19.4. The van der Waals surface area contributed by atoms with E-state index < -0.39 is 0 Å². The van der Waals surface area contributed by atoms with E-state index in [1.165, 1.54) is 89.9 Å². The van der Waals surface area contributed by atoms with E-state index in [4.69, 9.17) is 0 Å². The Labute approximate surface area is 172 Å². The second-order valence-electron chi connectivity index (χ2n) is 10.8. The summed E-state index contributed by atoms with van der Waals surface area (Å²) in [6.45, 7) is 7.25. The molecule has 0 nitrogen and oxygen atoms in total. The van der Waals surface area contributed by atoms with Crippen molar-refractivity contribution in [1.29, 1.82) is 0 Å². The van der Waals surface area contributed by atoms with E-state index in [9.17, 15) is 0 Å². The minimum Gasteiger partial charge on any atom is -0.0654 e. The first-order valence-electron chi connectivity index (χ1n) is 13.2. The Hall–Kier alpha value is 0. The number of rotatable bonds is 13. The average molecular weight is 377 g/mol. The molecule has 0 aromatic rings. The summed E-state index contributed by atoms with van der Waals surface area (Å²) < 4.78 is 0. The molecule has 2 aliphatic rings. The lowest BCUT2D eigenvalue weighted by Crippen LogP contribution is -2.30. The molecule has 27 heavy (non-hydrogen) atoms. The summed E-state index contributed by atoms with van der Waals surface area (Å²) in [7, 11) is 0. The van der Waals surface area contributed by atoms with Crippen LogP contribution in [0.15, 0.2) is 0 Å². The van der Waals surface area contributed by atoms with E-state index in [0.717, 1.165) is 17.8 Å². The van der Waals surface area contributed by atoms with Crippen LogP contribution in [0.3, 0.4) is 0 Å². The normalized spacial score (nSPS) is 31.9. The maximum Gasteiger partial charge on any atom is -0.0326 e. The van der Waals surface area contributed by atoms with Gasteiger partial charge in [-0.25, -0.2) is 0 Å². The highest BCUT2D eigenvalue weighted by Crippen LogP contribution is 2.47. The van der Waals surface area contributed by atoms with Gasteiger partial charge in [0.2, 0.25) is 0 Å². The Kier molecular flexibility index (Phi) is 11.4. The van der Waals surface area contributed by atoms with Gasteiger partial charge in [0.05, 0.1) is 0 Å². The Morgan fingerprint density at radius 3 is 1.70 bits per heavy atom. The van der Waals surface area contributed by atoms with E-state index in [-0.39, 0.29) is 0 Å². The molecule has 0 aromatic heterocycles. The van der Waals surface area contributed by atoms with Gasteiger partial charge in [-0.2, -0.15) is 0 Å². The standard InChI is InChI=1S/C27H52/c1-4-6-8-10-12-14-24-15-17-25(18-16-24)26-19-22-27(3,23-20-26)21-13-11-9-7-5-2/h24-26H,4-23H2,1-3H3/t24?,25?,26-,27-. The molecule has 0 aromatic carbocycles. The molecule has 0 bridgehead atoms. The third-order valence-corrected chi connectivity index (χ3v) is 8.40. The molecule has 2 fully saturated rings. The van der Waals surface area contributed by atoms with Crippen LogP contribution < -0.4 is 0 Å². The molecule has 2 rings (SSSR count). The molecule has 2 aliphatic carbocycles. The minimum atomic E-state index is 0.693. The van der Waals surface area contributed by atoms with E-state index >= 15 is 0 Å². The first-order chi connectivity index (χ1) is 13.2. The molecular formula is C27H52. The Morgan fingerprint density at radius 2 is 1.11 bits per heavy atom. The molecule has 2 saturated carbocycles. The lowest BCUT2D eigenvalue weighted by Gasteiger charge is -2.42. The van der Waals surface area contributed by atoms with Crippen molar-refractivity contribution in [3.8, 4) is 0 Å². The number of hydrogen-bond donors (Lipinski definition) is 0. The molecule has 0 saturated heterocycles. The van der Waals surface area contributed by atoms with Crippen molar-refractivity contribution < 1.29 is 0 Å². The summed E-state index contributed by atoms with van der Waals surface area (Å²) >= 11 is 0. The third-order valence-electron chi connectivity index (χ3n) is 8.40. The SMILES string of the molecule is CCCCCCCC1CCC([C@H]2CC[C@](C)(CCCCCCC)CC2)CC1. The molecule has 0 amide bonds. The van der Waals surface area contributed by atoms with Crippen LogP contribution in [0.25, 0.3) is 0 Å². The van der Waals surface area contributed by atoms with Gasteiger partial charge in [-0.15, -0.1) is 0 Å². The Balaban J connectivity index is 1.56. The summed E-state index contributed by atoms with van der Waals surface area (Å²) in [5, 5.41) is 0. The van der Waals surface area contributed by atoms with Crippen LogP contribution >= 0.6 is 0 Å². The van der Waals surface area contributed by atoms with Crippen molar-refractivity contribution in [2.24, 2.45) is 23.2 Å². The van der Waals surface area contributed by atoms with Crippen molar-refractivity contribution in [3.05, 3.63) is 0 Å². The van der Waals surface area contributed by atoms with Crippen LogP contribution in [0.1, 0.15) is 149 Å².